The Morgan fingerprint density at radius 3 is 2.89 bits per heavy atom. The molecule has 106 valence electrons. The van der Waals surface area contributed by atoms with Crippen molar-refractivity contribution in [2.45, 2.75) is 64.1 Å². The lowest BCUT2D eigenvalue weighted by molar-refractivity contribution is 0.407. The summed E-state index contributed by atoms with van der Waals surface area (Å²) in [5.41, 5.74) is 0. The normalized spacial score (nSPS) is 22.8. The van der Waals surface area contributed by atoms with Crippen LogP contribution in [0.5, 0.6) is 0 Å². The molecule has 0 saturated carbocycles. The average molecular weight is 280 g/mol. The predicted molar refractivity (Wildman–Crippen MR) is 79.5 cm³/mol. The number of hydrogen-bond acceptors (Lipinski definition) is 4. The van der Waals surface area contributed by atoms with Gasteiger partial charge < -0.3 is 9.88 Å². The fourth-order valence-electron chi connectivity index (χ4n) is 3.12. The van der Waals surface area contributed by atoms with Gasteiger partial charge in [-0.2, -0.15) is 11.8 Å². The summed E-state index contributed by atoms with van der Waals surface area (Å²) in [4.78, 5) is 0. The minimum atomic E-state index is 0.326. The first kappa shape index (κ1) is 13.4. The summed E-state index contributed by atoms with van der Waals surface area (Å²) in [6.45, 7) is 3.34. The molecular weight excluding hydrogens is 256 g/mol. The molecule has 1 aromatic heterocycles. The zero-order valence-corrected chi connectivity index (χ0v) is 12.6. The Morgan fingerprint density at radius 1 is 1.21 bits per heavy atom. The van der Waals surface area contributed by atoms with Crippen molar-refractivity contribution in [2.75, 3.05) is 11.5 Å². The van der Waals surface area contributed by atoms with Crippen LogP contribution in [0.25, 0.3) is 0 Å². The highest BCUT2D eigenvalue weighted by Gasteiger charge is 2.22. The third-order valence-electron chi connectivity index (χ3n) is 4.23. The lowest BCUT2D eigenvalue weighted by Crippen LogP contribution is -2.35. The van der Waals surface area contributed by atoms with Crippen LogP contribution >= 0.6 is 11.8 Å². The highest BCUT2D eigenvalue weighted by atomic mass is 32.2. The zero-order valence-electron chi connectivity index (χ0n) is 11.8. The van der Waals surface area contributed by atoms with E-state index in [4.69, 9.17) is 0 Å². The maximum absolute atomic E-state index is 4.45. The van der Waals surface area contributed by atoms with Crippen LogP contribution in [0, 0.1) is 0 Å². The highest BCUT2D eigenvalue weighted by molar-refractivity contribution is 7.99. The quantitative estimate of drug-likeness (QED) is 0.924. The Bertz CT molecular complexity index is 412. The summed E-state index contributed by atoms with van der Waals surface area (Å²) in [5, 5.41) is 12.6. The molecule has 0 aromatic carbocycles. The molecule has 0 spiro atoms. The van der Waals surface area contributed by atoms with Crippen molar-refractivity contribution in [3.05, 3.63) is 11.6 Å². The molecule has 2 aliphatic heterocycles. The molecule has 0 radical (unpaired) electrons. The molecule has 4 nitrogen and oxygen atoms in total. The first-order chi connectivity index (χ1) is 9.34. The van der Waals surface area contributed by atoms with E-state index in [0.717, 1.165) is 18.8 Å². The number of nitrogens with zero attached hydrogens (tertiary/aromatic N) is 3. The van der Waals surface area contributed by atoms with E-state index in [1.165, 1.54) is 49.4 Å². The molecule has 1 unspecified atom stereocenters. The number of aryl methyl sites for hydroxylation is 1. The largest absolute Gasteiger partial charge is 0.314 e. The van der Waals surface area contributed by atoms with Gasteiger partial charge in [-0.1, -0.05) is 6.42 Å². The SMILES string of the molecule is CC(NC1CCSCC1)c1nnc2n1CCCCC2. The number of aromatic nitrogens is 3. The molecular formula is C14H24N4S. The van der Waals surface area contributed by atoms with Crippen molar-refractivity contribution in [1.82, 2.24) is 20.1 Å². The molecule has 2 aliphatic rings. The van der Waals surface area contributed by atoms with Gasteiger partial charge in [0.25, 0.3) is 0 Å². The van der Waals surface area contributed by atoms with Crippen LogP contribution in [0.1, 0.15) is 56.7 Å². The van der Waals surface area contributed by atoms with Gasteiger partial charge in [-0.15, -0.1) is 10.2 Å². The Balaban J connectivity index is 1.68. The Hall–Kier alpha value is -0.550. The van der Waals surface area contributed by atoms with E-state index in [0.29, 0.717) is 12.1 Å². The minimum Gasteiger partial charge on any atom is -0.314 e. The Labute approximate surface area is 119 Å². The first-order valence-corrected chi connectivity index (χ1v) is 8.76. The molecule has 1 N–H and O–H groups in total. The molecule has 1 aromatic rings. The van der Waals surface area contributed by atoms with Gasteiger partial charge in [-0.3, -0.25) is 0 Å². The lowest BCUT2D eigenvalue weighted by Gasteiger charge is -2.26. The van der Waals surface area contributed by atoms with Crippen LogP contribution in [0.15, 0.2) is 0 Å². The smallest absolute Gasteiger partial charge is 0.149 e. The summed E-state index contributed by atoms with van der Waals surface area (Å²) < 4.78 is 2.36. The molecule has 3 rings (SSSR count). The van der Waals surface area contributed by atoms with Crippen LogP contribution in [0.3, 0.4) is 0 Å². The second-order valence-corrected chi connectivity index (χ2v) is 6.94. The molecule has 1 fully saturated rings. The fraction of sp³-hybridized carbons (Fsp3) is 0.857. The van der Waals surface area contributed by atoms with E-state index >= 15 is 0 Å². The maximum atomic E-state index is 4.45. The van der Waals surface area contributed by atoms with Gasteiger partial charge in [0.2, 0.25) is 0 Å². The van der Waals surface area contributed by atoms with Crippen LogP contribution in [0.4, 0.5) is 0 Å². The van der Waals surface area contributed by atoms with Gasteiger partial charge >= 0.3 is 0 Å². The number of rotatable bonds is 3. The third kappa shape index (κ3) is 3.14. The number of fused-ring (bicyclic) bond motifs is 1. The average Bonchev–Trinajstić information content (AvgIpc) is 2.69. The van der Waals surface area contributed by atoms with Gasteiger partial charge in [-0.25, -0.2) is 0 Å². The van der Waals surface area contributed by atoms with E-state index < -0.39 is 0 Å². The summed E-state index contributed by atoms with van der Waals surface area (Å²) in [7, 11) is 0. The topological polar surface area (TPSA) is 42.7 Å². The zero-order chi connectivity index (χ0) is 13.1. The number of thioether (sulfide) groups is 1. The van der Waals surface area contributed by atoms with Crippen molar-refractivity contribution in [2.24, 2.45) is 0 Å². The van der Waals surface area contributed by atoms with Gasteiger partial charge in [0.15, 0.2) is 0 Å². The van der Waals surface area contributed by atoms with E-state index in [1.54, 1.807) is 0 Å². The predicted octanol–water partition coefficient (Wildman–Crippen LogP) is 2.55. The minimum absolute atomic E-state index is 0.326. The fourth-order valence-corrected chi connectivity index (χ4v) is 4.23. The molecule has 1 atom stereocenters. The third-order valence-corrected chi connectivity index (χ3v) is 5.28. The van der Waals surface area contributed by atoms with Gasteiger partial charge in [0.1, 0.15) is 11.6 Å². The monoisotopic (exact) mass is 280 g/mol. The molecule has 0 amide bonds. The summed E-state index contributed by atoms with van der Waals surface area (Å²) >= 11 is 2.08. The standard InChI is InChI=1S/C14H24N4S/c1-11(15-12-6-9-19-10-7-12)14-17-16-13-5-3-2-4-8-18(13)14/h11-12,15H,2-10H2,1H3. The van der Waals surface area contributed by atoms with Crippen molar-refractivity contribution in [3.8, 4) is 0 Å². The maximum Gasteiger partial charge on any atom is 0.149 e. The van der Waals surface area contributed by atoms with Crippen molar-refractivity contribution < 1.29 is 0 Å². The first-order valence-electron chi connectivity index (χ1n) is 7.60. The van der Waals surface area contributed by atoms with Crippen LogP contribution in [-0.4, -0.2) is 32.3 Å². The number of hydrogen-bond donors (Lipinski definition) is 1. The second kappa shape index (κ2) is 6.27. The Morgan fingerprint density at radius 2 is 2.05 bits per heavy atom. The summed E-state index contributed by atoms with van der Waals surface area (Å²) in [6.07, 6.45) is 7.53. The molecule has 19 heavy (non-hydrogen) atoms. The van der Waals surface area contributed by atoms with Gasteiger partial charge in [-0.05, 0) is 44.1 Å². The molecule has 1 saturated heterocycles. The van der Waals surface area contributed by atoms with Gasteiger partial charge in [0, 0.05) is 19.0 Å². The molecule has 0 aliphatic carbocycles. The second-order valence-electron chi connectivity index (χ2n) is 5.71. The molecule has 3 heterocycles. The Kier molecular flexibility index (Phi) is 4.43. The lowest BCUT2D eigenvalue weighted by atomic mass is 10.1. The van der Waals surface area contributed by atoms with E-state index in [1.807, 2.05) is 0 Å². The summed E-state index contributed by atoms with van der Waals surface area (Å²) in [6, 6.07) is 0.988. The van der Waals surface area contributed by atoms with E-state index in [9.17, 15) is 0 Å². The molecule has 0 bridgehead atoms. The van der Waals surface area contributed by atoms with Crippen molar-refractivity contribution >= 4 is 11.8 Å². The van der Waals surface area contributed by atoms with Crippen LogP contribution in [-0.2, 0) is 13.0 Å². The van der Waals surface area contributed by atoms with Crippen LogP contribution < -0.4 is 5.32 Å². The van der Waals surface area contributed by atoms with Crippen LogP contribution in [0.2, 0.25) is 0 Å². The van der Waals surface area contributed by atoms with E-state index in [2.05, 4.69) is 38.8 Å². The molecule has 5 heteroatoms. The van der Waals surface area contributed by atoms with Gasteiger partial charge in [0.05, 0.1) is 6.04 Å². The van der Waals surface area contributed by atoms with E-state index in [-0.39, 0.29) is 0 Å². The summed E-state index contributed by atoms with van der Waals surface area (Å²) in [5.74, 6) is 4.93. The van der Waals surface area contributed by atoms with Crippen molar-refractivity contribution in [1.29, 1.82) is 0 Å². The van der Waals surface area contributed by atoms with Crippen molar-refractivity contribution in [3.63, 3.8) is 0 Å². The number of nitrogens with one attached hydrogen (secondary N) is 1. The highest BCUT2D eigenvalue weighted by Crippen LogP contribution is 2.22.